The molecule has 1 atom stereocenters. The fourth-order valence-electron chi connectivity index (χ4n) is 3.23. The molecule has 0 saturated carbocycles. The second kappa shape index (κ2) is 7.90. The Morgan fingerprint density at radius 1 is 1.29 bits per heavy atom. The number of hydrogen-bond acceptors (Lipinski definition) is 4. The number of aromatic nitrogens is 2. The number of carbonyl (C=O) groups is 1. The lowest BCUT2D eigenvalue weighted by atomic mass is 9.99. The Hall–Kier alpha value is -2.43. The Labute approximate surface area is 143 Å². The summed E-state index contributed by atoms with van der Waals surface area (Å²) in [4.78, 5) is 23.0. The normalized spacial score (nSPS) is 17.5. The summed E-state index contributed by atoms with van der Waals surface area (Å²) < 4.78 is 0. The van der Waals surface area contributed by atoms with Crippen LogP contribution in [0, 0.1) is 0 Å². The molecule has 1 fully saturated rings. The van der Waals surface area contributed by atoms with Gasteiger partial charge in [-0.2, -0.15) is 0 Å². The van der Waals surface area contributed by atoms with E-state index in [4.69, 9.17) is 0 Å². The third-order valence-corrected chi connectivity index (χ3v) is 4.59. The number of rotatable bonds is 5. The first-order valence-corrected chi connectivity index (χ1v) is 8.67. The number of piperidine rings is 1. The van der Waals surface area contributed by atoms with E-state index in [1.165, 1.54) is 19.3 Å². The first kappa shape index (κ1) is 16.4. The van der Waals surface area contributed by atoms with Crippen molar-refractivity contribution in [3.63, 3.8) is 0 Å². The second-order valence-corrected chi connectivity index (χ2v) is 6.20. The van der Waals surface area contributed by atoms with Crippen molar-refractivity contribution in [1.29, 1.82) is 0 Å². The average molecular weight is 324 g/mol. The number of nitrogens with zero attached hydrogens (tertiary/aromatic N) is 3. The molecule has 1 amide bonds. The van der Waals surface area contributed by atoms with Crippen molar-refractivity contribution in [1.82, 2.24) is 15.3 Å². The van der Waals surface area contributed by atoms with Gasteiger partial charge in [-0.25, -0.2) is 4.98 Å². The summed E-state index contributed by atoms with van der Waals surface area (Å²) >= 11 is 0. The quantitative estimate of drug-likeness (QED) is 0.918. The molecule has 0 aromatic carbocycles. The van der Waals surface area contributed by atoms with E-state index in [1.807, 2.05) is 30.5 Å². The predicted octanol–water partition coefficient (Wildman–Crippen LogP) is 3.18. The standard InChI is InChI=1S/C19H24N4O/c1-2-16-7-3-4-11-23(16)17-8-9-18(21-14-17)19(24)22-13-15-6-5-10-20-12-15/h5-6,8-10,12,14,16H,2-4,7,11,13H2,1H3,(H,22,24). The van der Waals surface area contributed by atoms with Crippen molar-refractivity contribution >= 4 is 11.6 Å². The van der Waals surface area contributed by atoms with Gasteiger partial charge < -0.3 is 10.2 Å². The van der Waals surface area contributed by atoms with Crippen LogP contribution in [0.25, 0.3) is 0 Å². The molecule has 0 aliphatic carbocycles. The van der Waals surface area contributed by atoms with Crippen LogP contribution in [0.3, 0.4) is 0 Å². The largest absolute Gasteiger partial charge is 0.367 e. The number of anilines is 1. The Morgan fingerprint density at radius 2 is 2.21 bits per heavy atom. The van der Waals surface area contributed by atoms with Gasteiger partial charge in [0.15, 0.2) is 0 Å². The minimum Gasteiger partial charge on any atom is -0.367 e. The molecule has 0 spiro atoms. The number of carbonyl (C=O) groups excluding carboxylic acids is 1. The van der Waals surface area contributed by atoms with Gasteiger partial charge >= 0.3 is 0 Å². The Kier molecular flexibility index (Phi) is 5.41. The molecule has 5 heteroatoms. The molecule has 1 aliphatic heterocycles. The van der Waals surface area contributed by atoms with Crippen LogP contribution in [0.1, 0.15) is 48.7 Å². The maximum atomic E-state index is 12.2. The van der Waals surface area contributed by atoms with Crippen molar-refractivity contribution in [3.05, 3.63) is 54.1 Å². The van der Waals surface area contributed by atoms with Gasteiger partial charge in [0.05, 0.1) is 11.9 Å². The zero-order valence-electron chi connectivity index (χ0n) is 14.1. The predicted molar refractivity (Wildman–Crippen MR) is 94.9 cm³/mol. The molecule has 126 valence electrons. The highest BCUT2D eigenvalue weighted by Gasteiger charge is 2.21. The molecular formula is C19H24N4O. The molecule has 2 aromatic rings. The summed E-state index contributed by atoms with van der Waals surface area (Å²) in [7, 11) is 0. The highest BCUT2D eigenvalue weighted by Crippen LogP contribution is 2.25. The third kappa shape index (κ3) is 3.91. The Bertz CT molecular complexity index is 657. The van der Waals surface area contributed by atoms with Crippen LogP contribution in [0.4, 0.5) is 5.69 Å². The van der Waals surface area contributed by atoms with Crippen LogP contribution in [-0.2, 0) is 6.54 Å². The lowest BCUT2D eigenvalue weighted by Gasteiger charge is -2.37. The van der Waals surface area contributed by atoms with Crippen LogP contribution < -0.4 is 10.2 Å². The van der Waals surface area contributed by atoms with Gasteiger partial charge in [0.25, 0.3) is 5.91 Å². The molecule has 0 bridgehead atoms. The van der Waals surface area contributed by atoms with E-state index in [1.54, 1.807) is 12.4 Å². The first-order chi connectivity index (χ1) is 11.8. The molecule has 1 aliphatic rings. The van der Waals surface area contributed by atoms with Crippen molar-refractivity contribution in [2.75, 3.05) is 11.4 Å². The molecule has 3 rings (SSSR count). The molecule has 1 N–H and O–H groups in total. The summed E-state index contributed by atoms with van der Waals surface area (Å²) in [5.41, 5.74) is 2.54. The Morgan fingerprint density at radius 3 is 2.92 bits per heavy atom. The van der Waals surface area contributed by atoms with Crippen molar-refractivity contribution in [2.24, 2.45) is 0 Å². The van der Waals surface area contributed by atoms with E-state index in [2.05, 4.69) is 27.1 Å². The van der Waals surface area contributed by atoms with E-state index < -0.39 is 0 Å². The van der Waals surface area contributed by atoms with Crippen LogP contribution in [-0.4, -0.2) is 28.5 Å². The topological polar surface area (TPSA) is 58.1 Å². The Balaban J connectivity index is 1.62. The van der Waals surface area contributed by atoms with Crippen LogP contribution >= 0.6 is 0 Å². The van der Waals surface area contributed by atoms with Crippen LogP contribution in [0.15, 0.2) is 42.9 Å². The monoisotopic (exact) mass is 324 g/mol. The average Bonchev–Trinajstić information content (AvgIpc) is 2.67. The minimum absolute atomic E-state index is 0.156. The number of nitrogens with one attached hydrogen (secondary N) is 1. The van der Waals surface area contributed by atoms with Gasteiger partial charge in [-0.1, -0.05) is 13.0 Å². The fraction of sp³-hybridized carbons (Fsp3) is 0.421. The molecule has 24 heavy (non-hydrogen) atoms. The molecule has 1 unspecified atom stereocenters. The number of amides is 1. The second-order valence-electron chi connectivity index (χ2n) is 6.20. The summed E-state index contributed by atoms with van der Waals surface area (Å²) in [5, 5.41) is 2.88. The van der Waals surface area contributed by atoms with Crippen molar-refractivity contribution in [2.45, 2.75) is 45.2 Å². The molecule has 0 radical (unpaired) electrons. The van der Waals surface area contributed by atoms with E-state index in [-0.39, 0.29) is 5.91 Å². The lowest BCUT2D eigenvalue weighted by molar-refractivity contribution is 0.0946. The van der Waals surface area contributed by atoms with Crippen molar-refractivity contribution < 1.29 is 4.79 Å². The first-order valence-electron chi connectivity index (χ1n) is 8.67. The van der Waals surface area contributed by atoms with Gasteiger partial charge in [0.1, 0.15) is 5.69 Å². The van der Waals surface area contributed by atoms with Gasteiger partial charge in [-0.3, -0.25) is 9.78 Å². The maximum absolute atomic E-state index is 12.2. The molecule has 2 aromatic heterocycles. The minimum atomic E-state index is -0.156. The summed E-state index contributed by atoms with van der Waals surface area (Å²) in [6, 6.07) is 8.21. The van der Waals surface area contributed by atoms with Gasteiger partial charge in [0, 0.05) is 31.5 Å². The smallest absolute Gasteiger partial charge is 0.270 e. The van der Waals surface area contributed by atoms with Crippen LogP contribution in [0.5, 0.6) is 0 Å². The molecule has 3 heterocycles. The van der Waals surface area contributed by atoms with Crippen molar-refractivity contribution in [3.8, 4) is 0 Å². The van der Waals surface area contributed by atoms with Gasteiger partial charge in [-0.15, -0.1) is 0 Å². The highest BCUT2D eigenvalue weighted by molar-refractivity contribution is 5.92. The summed E-state index contributed by atoms with van der Waals surface area (Å²) in [6.07, 6.45) is 10.2. The molecule has 1 saturated heterocycles. The fourth-order valence-corrected chi connectivity index (χ4v) is 3.23. The maximum Gasteiger partial charge on any atom is 0.270 e. The third-order valence-electron chi connectivity index (χ3n) is 4.59. The van der Waals surface area contributed by atoms with Crippen LogP contribution in [0.2, 0.25) is 0 Å². The lowest BCUT2D eigenvalue weighted by Crippen LogP contribution is -2.39. The SMILES string of the molecule is CCC1CCCCN1c1ccc(C(=O)NCc2cccnc2)nc1. The number of hydrogen-bond donors (Lipinski definition) is 1. The summed E-state index contributed by atoms with van der Waals surface area (Å²) in [6.45, 7) is 3.77. The van der Waals surface area contributed by atoms with Gasteiger partial charge in [-0.05, 0) is 49.4 Å². The summed E-state index contributed by atoms with van der Waals surface area (Å²) in [5.74, 6) is -0.156. The molecule has 5 nitrogen and oxygen atoms in total. The van der Waals surface area contributed by atoms with Gasteiger partial charge in [0.2, 0.25) is 0 Å². The zero-order valence-corrected chi connectivity index (χ0v) is 14.1. The van der Waals surface area contributed by atoms with E-state index >= 15 is 0 Å². The van der Waals surface area contributed by atoms with E-state index in [0.29, 0.717) is 18.3 Å². The molecular weight excluding hydrogens is 300 g/mol. The van der Waals surface area contributed by atoms with E-state index in [9.17, 15) is 4.79 Å². The van der Waals surface area contributed by atoms with E-state index in [0.717, 1.165) is 24.2 Å². The number of pyridine rings is 2. The zero-order chi connectivity index (χ0) is 16.8. The highest BCUT2D eigenvalue weighted by atomic mass is 16.1.